The minimum absolute atomic E-state index is 0.0932. The van der Waals surface area contributed by atoms with Gasteiger partial charge in [0.2, 0.25) is 5.91 Å². The first kappa shape index (κ1) is 17.6. The molecule has 0 saturated carbocycles. The first-order valence-corrected chi connectivity index (χ1v) is 8.81. The van der Waals surface area contributed by atoms with Crippen molar-refractivity contribution in [3.8, 4) is 5.75 Å². The summed E-state index contributed by atoms with van der Waals surface area (Å²) in [7, 11) is 0. The molecule has 2 heterocycles. The smallest absolute Gasteiger partial charge is 0.255 e. The predicted molar refractivity (Wildman–Crippen MR) is 105 cm³/mol. The molecule has 142 valence electrons. The van der Waals surface area contributed by atoms with E-state index in [0.29, 0.717) is 18.0 Å². The van der Waals surface area contributed by atoms with Crippen LogP contribution in [0.5, 0.6) is 5.75 Å². The van der Waals surface area contributed by atoms with Crippen LogP contribution in [0, 0.1) is 0 Å². The molecule has 0 bridgehead atoms. The average Bonchev–Trinajstić information content (AvgIpc) is 3.09. The van der Waals surface area contributed by atoms with Crippen molar-refractivity contribution in [1.82, 2.24) is 10.2 Å². The summed E-state index contributed by atoms with van der Waals surface area (Å²) < 4.78 is 5.30. The van der Waals surface area contributed by atoms with Crippen LogP contribution in [-0.2, 0) is 9.59 Å². The Hall–Kier alpha value is -3.81. The van der Waals surface area contributed by atoms with Crippen LogP contribution in [0.4, 0.5) is 17.3 Å². The van der Waals surface area contributed by atoms with E-state index >= 15 is 0 Å². The summed E-state index contributed by atoms with van der Waals surface area (Å²) in [5, 5.41) is 13.4. The van der Waals surface area contributed by atoms with Gasteiger partial charge in [-0.2, -0.15) is 5.10 Å². The van der Waals surface area contributed by atoms with Crippen molar-refractivity contribution >= 4 is 29.1 Å². The maximum atomic E-state index is 12.2. The fourth-order valence-corrected chi connectivity index (χ4v) is 3.25. The monoisotopic (exact) mass is 377 g/mol. The number of carbonyl (C=O) groups is 2. The maximum Gasteiger partial charge on any atom is 0.255 e. The largest absolute Gasteiger partial charge is 0.484 e. The van der Waals surface area contributed by atoms with Gasteiger partial charge in [0.25, 0.3) is 5.91 Å². The number of para-hydroxylation sites is 1. The van der Waals surface area contributed by atoms with E-state index in [1.165, 1.54) is 0 Å². The molecule has 5 N–H and O–H groups in total. The molecule has 2 amide bonds. The van der Waals surface area contributed by atoms with Crippen molar-refractivity contribution in [2.75, 3.05) is 17.2 Å². The number of amides is 2. The van der Waals surface area contributed by atoms with Crippen LogP contribution in [0.3, 0.4) is 0 Å². The summed E-state index contributed by atoms with van der Waals surface area (Å²) in [6.45, 7) is -0.178. The first-order valence-electron chi connectivity index (χ1n) is 8.81. The van der Waals surface area contributed by atoms with Crippen molar-refractivity contribution in [2.24, 2.45) is 5.73 Å². The third-order valence-electron chi connectivity index (χ3n) is 4.51. The second-order valence-electron chi connectivity index (χ2n) is 6.48. The second-order valence-corrected chi connectivity index (χ2v) is 6.48. The van der Waals surface area contributed by atoms with Crippen molar-refractivity contribution < 1.29 is 14.3 Å². The van der Waals surface area contributed by atoms with Gasteiger partial charge in [-0.15, -0.1) is 0 Å². The molecule has 0 saturated heterocycles. The van der Waals surface area contributed by atoms with Gasteiger partial charge in [0.15, 0.2) is 12.4 Å². The summed E-state index contributed by atoms with van der Waals surface area (Å²) in [6, 6.07) is 17.0. The van der Waals surface area contributed by atoms with E-state index < -0.39 is 5.91 Å². The van der Waals surface area contributed by atoms with Crippen LogP contribution in [-0.4, -0.2) is 28.6 Å². The van der Waals surface area contributed by atoms with E-state index in [4.69, 9.17) is 10.5 Å². The second kappa shape index (κ2) is 7.43. The SMILES string of the molecule is NC(=O)COc1ccc(C2CC(=O)Nc3n[nH]c(Nc4ccccc4)c32)cc1. The van der Waals surface area contributed by atoms with Crippen LogP contribution < -0.4 is 21.1 Å². The lowest BCUT2D eigenvalue weighted by atomic mass is 9.86. The number of ether oxygens (including phenoxy) is 1. The Balaban J connectivity index is 1.63. The lowest BCUT2D eigenvalue weighted by Gasteiger charge is -2.23. The number of anilines is 3. The fourth-order valence-electron chi connectivity index (χ4n) is 3.25. The minimum atomic E-state index is -0.535. The number of aromatic amines is 1. The highest BCUT2D eigenvalue weighted by Crippen LogP contribution is 2.41. The lowest BCUT2D eigenvalue weighted by Crippen LogP contribution is -2.23. The molecule has 1 unspecified atom stereocenters. The highest BCUT2D eigenvalue weighted by molar-refractivity contribution is 5.95. The van der Waals surface area contributed by atoms with Crippen molar-refractivity contribution in [3.05, 3.63) is 65.7 Å². The molecular weight excluding hydrogens is 358 g/mol. The molecule has 1 atom stereocenters. The van der Waals surface area contributed by atoms with Gasteiger partial charge in [0.05, 0.1) is 0 Å². The van der Waals surface area contributed by atoms with Gasteiger partial charge >= 0.3 is 0 Å². The maximum absolute atomic E-state index is 12.2. The van der Waals surface area contributed by atoms with Crippen LogP contribution in [0.2, 0.25) is 0 Å². The standard InChI is InChI=1S/C20H19N5O3/c21-16(26)11-28-14-8-6-12(7-9-14)15-10-17(27)23-20-18(15)19(24-25-20)22-13-4-2-1-3-5-13/h1-9,15H,10-11H2,(H2,21,26)(H3,22,23,24,25,27). The van der Waals surface area contributed by atoms with Crippen LogP contribution in [0.1, 0.15) is 23.5 Å². The highest BCUT2D eigenvalue weighted by Gasteiger charge is 2.31. The fraction of sp³-hybridized carbons (Fsp3) is 0.150. The minimum Gasteiger partial charge on any atom is -0.484 e. The molecular formula is C20H19N5O3. The molecule has 8 heteroatoms. The summed E-state index contributed by atoms with van der Waals surface area (Å²) in [6.07, 6.45) is 0.303. The highest BCUT2D eigenvalue weighted by atomic mass is 16.5. The lowest BCUT2D eigenvalue weighted by molar-refractivity contribution is -0.120. The Morgan fingerprint density at radius 3 is 2.64 bits per heavy atom. The quantitative estimate of drug-likeness (QED) is 0.526. The zero-order valence-corrected chi connectivity index (χ0v) is 14.9. The van der Waals surface area contributed by atoms with E-state index in [1.54, 1.807) is 12.1 Å². The normalized spacial score (nSPS) is 15.4. The van der Waals surface area contributed by atoms with Gasteiger partial charge in [0, 0.05) is 23.6 Å². The number of nitrogens with two attached hydrogens (primary N) is 1. The van der Waals surface area contributed by atoms with Crippen molar-refractivity contribution in [3.63, 3.8) is 0 Å². The zero-order chi connectivity index (χ0) is 19.5. The number of rotatable bonds is 6. The summed E-state index contributed by atoms with van der Waals surface area (Å²) in [5.74, 6) is 1.00. The van der Waals surface area contributed by atoms with Crippen LogP contribution in [0.25, 0.3) is 0 Å². The summed E-state index contributed by atoms with van der Waals surface area (Å²) >= 11 is 0. The van der Waals surface area contributed by atoms with Gasteiger partial charge in [-0.25, -0.2) is 0 Å². The number of benzene rings is 2. The van der Waals surface area contributed by atoms with Gasteiger partial charge in [-0.05, 0) is 29.8 Å². The number of nitrogens with zero attached hydrogens (tertiary/aromatic N) is 1. The molecule has 0 fully saturated rings. The summed E-state index contributed by atoms with van der Waals surface area (Å²) in [5.41, 5.74) is 7.86. The van der Waals surface area contributed by atoms with E-state index in [-0.39, 0.29) is 18.4 Å². The van der Waals surface area contributed by atoms with Crippen LogP contribution >= 0.6 is 0 Å². The Morgan fingerprint density at radius 2 is 1.93 bits per heavy atom. The molecule has 0 spiro atoms. The molecule has 3 aromatic rings. The van der Waals surface area contributed by atoms with Crippen molar-refractivity contribution in [1.29, 1.82) is 0 Å². The number of H-pyrrole nitrogens is 1. The van der Waals surface area contributed by atoms with E-state index in [0.717, 1.165) is 22.6 Å². The first-order chi connectivity index (χ1) is 13.6. The molecule has 4 rings (SSSR count). The van der Waals surface area contributed by atoms with Gasteiger partial charge in [-0.1, -0.05) is 30.3 Å². The zero-order valence-electron chi connectivity index (χ0n) is 14.9. The Bertz CT molecular complexity index is 998. The van der Waals surface area contributed by atoms with E-state index in [9.17, 15) is 9.59 Å². The Labute approximate surface area is 161 Å². The molecule has 1 aromatic heterocycles. The number of primary amides is 1. The van der Waals surface area contributed by atoms with Gasteiger partial charge < -0.3 is 21.1 Å². The van der Waals surface area contributed by atoms with Crippen molar-refractivity contribution in [2.45, 2.75) is 12.3 Å². The molecule has 2 aromatic carbocycles. The number of fused-ring (bicyclic) bond motifs is 1. The molecule has 28 heavy (non-hydrogen) atoms. The number of hydrogen-bond acceptors (Lipinski definition) is 5. The Kier molecular flexibility index (Phi) is 4.67. The van der Waals surface area contributed by atoms with E-state index in [2.05, 4.69) is 20.8 Å². The number of aromatic nitrogens is 2. The third kappa shape index (κ3) is 3.66. The molecule has 1 aliphatic rings. The van der Waals surface area contributed by atoms with E-state index in [1.807, 2.05) is 42.5 Å². The summed E-state index contributed by atoms with van der Waals surface area (Å²) in [4.78, 5) is 23.0. The predicted octanol–water partition coefficient (Wildman–Crippen LogP) is 2.49. The molecule has 8 nitrogen and oxygen atoms in total. The van der Waals surface area contributed by atoms with Gasteiger partial charge in [-0.3, -0.25) is 14.7 Å². The van der Waals surface area contributed by atoms with Gasteiger partial charge in [0.1, 0.15) is 11.6 Å². The number of nitrogens with one attached hydrogen (secondary N) is 3. The number of carbonyl (C=O) groups excluding carboxylic acids is 2. The van der Waals surface area contributed by atoms with Crippen LogP contribution in [0.15, 0.2) is 54.6 Å². The molecule has 0 radical (unpaired) electrons. The third-order valence-corrected chi connectivity index (χ3v) is 4.51. The topological polar surface area (TPSA) is 122 Å². The Morgan fingerprint density at radius 1 is 1.18 bits per heavy atom. The number of hydrogen-bond donors (Lipinski definition) is 4. The molecule has 0 aliphatic carbocycles. The average molecular weight is 377 g/mol. The molecule has 1 aliphatic heterocycles.